The third kappa shape index (κ3) is 16.8. The van der Waals surface area contributed by atoms with Crippen molar-refractivity contribution in [2.45, 2.75) is 77.7 Å². The number of nitrogens with zero attached hydrogens (tertiary/aromatic N) is 4. The van der Waals surface area contributed by atoms with Crippen molar-refractivity contribution in [1.29, 1.82) is 0 Å². The quantitative estimate of drug-likeness (QED) is 0.0586. The van der Waals surface area contributed by atoms with Crippen molar-refractivity contribution in [3.63, 3.8) is 0 Å². The third-order valence-electron chi connectivity index (χ3n) is 8.96. The fourth-order valence-corrected chi connectivity index (χ4v) is 5.44. The molecule has 60 heavy (non-hydrogen) atoms. The molecule has 2 aliphatic carbocycles. The van der Waals surface area contributed by atoms with Gasteiger partial charge in [-0.1, -0.05) is 94.4 Å². The molecule has 0 aliphatic heterocycles. The fourth-order valence-electron chi connectivity index (χ4n) is 5.44. The number of pyridine rings is 2. The zero-order chi connectivity index (χ0) is 42.3. The van der Waals surface area contributed by atoms with Crippen molar-refractivity contribution in [2.24, 2.45) is 5.73 Å². The van der Waals surface area contributed by atoms with Crippen LogP contribution in [-0.2, 0) is 51.7 Å². The zero-order valence-corrected chi connectivity index (χ0v) is 44.3. The summed E-state index contributed by atoms with van der Waals surface area (Å²) in [5.41, 5.74) is 8.25. The van der Waals surface area contributed by atoms with E-state index in [-0.39, 0.29) is 72.5 Å². The van der Waals surface area contributed by atoms with Crippen LogP contribution in [0.15, 0.2) is 60.9 Å². The van der Waals surface area contributed by atoms with Gasteiger partial charge in [0, 0.05) is 47.8 Å². The summed E-state index contributed by atoms with van der Waals surface area (Å²) in [6, 6.07) is 12.1. The molecule has 0 saturated heterocycles. The van der Waals surface area contributed by atoms with Crippen LogP contribution in [0.1, 0.15) is 83.4 Å². The molecule has 2 saturated carbocycles. The van der Waals surface area contributed by atoms with Crippen LogP contribution in [-0.4, -0.2) is 45.4 Å². The van der Waals surface area contributed by atoms with Gasteiger partial charge in [-0.25, -0.2) is 8.78 Å². The Kier molecular flexibility index (Phi) is 26.0. The first-order valence-electron chi connectivity index (χ1n) is 17.3. The molecular formula is C41H43F2I3N8O4W2. The summed E-state index contributed by atoms with van der Waals surface area (Å²) in [4.78, 5) is 60.0. The zero-order valence-electron chi connectivity index (χ0n) is 32.0. The standard InChI is InChI=1S/C19H17FN4O2.C12H14N4O.C8H7FO.CHI3.CH4.2W/c1-12-8-15(10-22-17(12)21-2)23-18(26)19(6-3-7-19)24-14-5-4-13(11-25)16(20)9-14;1-8-6-9(7-15-10(8)14-2)16-11(17)12(13)4-3-5-12;1-6-2-3-7(5-10)8(9)4-6;2-1(3)4;;;/h4-5,8-11,24H,3,6-7H2,1H3,(H,23,26);6-7H,3-5,13H2,1H3,(H,16,17);2-5H,1H3;1H;1H4;;. The van der Waals surface area contributed by atoms with Crippen LogP contribution in [0.5, 0.6) is 0 Å². The Labute approximate surface area is 419 Å². The number of halogens is 5. The summed E-state index contributed by atoms with van der Waals surface area (Å²) in [6.45, 7) is 19.2. The van der Waals surface area contributed by atoms with Crippen molar-refractivity contribution in [1.82, 2.24) is 9.97 Å². The summed E-state index contributed by atoms with van der Waals surface area (Å²) in [5, 5.41) is 8.67. The molecular weight excluding hydrogens is 1450 g/mol. The smallest absolute Gasteiger partial charge is 0.272 e. The number of anilines is 3. The van der Waals surface area contributed by atoms with Gasteiger partial charge in [0.2, 0.25) is 11.8 Å². The number of aldehydes is 2. The van der Waals surface area contributed by atoms with Crippen LogP contribution < -0.4 is 21.7 Å². The van der Waals surface area contributed by atoms with E-state index in [9.17, 15) is 28.0 Å². The van der Waals surface area contributed by atoms with E-state index in [2.05, 4.69) is 103 Å². The SMILES string of the molecule is C.Cc1ccc(C=O)c(F)c1.IC(I)I.[C-]#[N+]c1ncc(NC(=O)C2(N)CCC2)cc1C.[C-]#[N+]c1ncc(NC(=O)C2(Nc3ccc(C=O)c(F)c3)CCC2)cc1C.[W].[W]. The summed E-state index contributed by atoms with van der Waals surface area (Å²) in [7, 11) is 0. The second-order valence-electron chi connectivity index (χ2n) is 13.2. The molecule has 5 N–H and O–H groups in total. The van der Waals surface area contributed by atoms with E-state index >= 15 is 0 Å². The monoisotopic (exact) mass is 1500 g/mol. The molecule has 2 aromatic carbocycles. The maximum absolute atomic E-state index is 13.8. The van der Waals surface area contributed by atoms with Crippen LogP contribution >= 0.6 is 67.8 Å². The van der Waals surface area contributed by atoms with Gasteiger partial charge in [-0.2, -0.15) is 0 Å². The number of amides is 2. The Morgan fingerprint density at radius 2 is 1.18 bits per heavy atom. The molecule has 0 spiro atoms. The third-order valence-corrected chi connectivity index (χ3v) is 8.96. The molecule has 12 nitrogen and oxygen atoms in total. The molecule has 2 amide bonds. The second kappa shape index (κ2) is 27.3. The van der Waals surface area contributed by atoms with Crippen LogP contribution in [0.4, 0.5) is 37.5 Å². The Bertz CT molecular complexity index is 2200. The van der Waals surface area contributed by atoms with E-state index in [1.54, 1.807) is 45.0 Å². The Morgan fingerprint density at radius 3 is 1.53 bits per heavy atom. The predicted octanol–water partition coefficient (Wildman–Crippen LogP) is 10.8. The molecule has 318 valence electrons. The largest absolute Gasteiger partial charge is 0.371 e. The van der Waals surface area contributed by atoms with Gasteiger partial charge >= 0.3 is 0 Å². The minimum Gasteiger partial charge on any atom is -0.371 e. The van der Waals surface area contributed by atoms with Gasteiger partial charge in [0.25, 0.3) is 11.6 Å². The van der Waals surface area contributed by atoms with Gasteiger partial charge in [-0.15, -0.1) is 9.97 Å². The van der Waals surface area contributed by atoms with E-state index in [1.165, 1.54) is 36.7 Å². The average molecular weight is 1500 g/mol. The van der Waals surface area contributed by atoms with E-state index in [0.29, 0.717) is 59.7 Å². The van der Waals surface area contributed by atoms with E-state index in [1.807, 2.05) is 0 Å². The van der Waals surface area contributed by atoms with E-state index < -0.39 is 22.7 Å². The first-order chi connectivity index (χ1) is 27.0. The number of benzene rings is 2. The van der Waals surface area contributed by atoms with Crippen molar-refractivity contribution < 1.29 is 70.1 Å². The number of aryl methyl sites for hydroxylation is 3. The molecule has 6 rings (SSSR count). The molecule has 0 radical (unpaired) electrons. The summed E-state index contributed by atoms with van der Waals surface area (Å²) < 4.78 is 27.2. The van der Waals surface area contributed by atoms with Gasteiger partial charge < -0.3 is 31.4 Å². The molecule has 2 aliphatic rings. The normalized spacial score (nSPS) is 13.3. The Hall–Kier alpha value is -2.81. The summed E-state index contributed by atoms with van der Waals surface area (Å²) in [5.74, 6) is -0.829. The Morgan fingerprint density at radius 1 is 0.750 bits per heavy atom. The average Bonchev–Trinajstić information content (AvgIpc) is 3.12. The maximum Gasteiger partial charge on any atom is 0.272 e. The minimum atomic E-state index is -0.832. The van der Waals surface area contributed by atoms with Crippen LogP contribution in [0.2, 0.25) is 0 Å². The minimum absolute atomic E-state index is 0. The topological polar surface area (TPSA) is 165 Å². The molecule has 0 atom stereocenters. The number of aromatic nitrogens is 2. The van der Waals surface area contributed by atoms with Crippen LogP contribution in [0, 0.1) is 45.5 Å². The van der Waals surface area contributed by atoms with Crippen molar-refractivity contribution in [3.8, 4) is 0 Å². The molecule has 0 unspecified atom stereocenters. The summed E-state index contributed by atoms with van der Waals surface area (Å²) in [6.07, 6.45) is 8.45. The van der Waals surface area contributed by atoms with Gasteiger partial charge in [0.05, 0.1) is 28.0 Å². The molecule has 4 aromatic rings. The van der Waals surface area contributed by atoms with Gasteiger partial charge in [0.15, 0.2) is 12.6 Å². The van der Waals surface area contributed by atoms with E-state index in [0.717, 1.165) is 36.7 Å². The van der Waals surface area contributed by atoms with Crippen molar-refractivity contribution in [3.05, 3.63) is 123 Å². The number of nitrogens with two attached hydrogens (primary N) is 1. The molecule has 19 heteroatoms. The van der Waals surface area contributed by atoms with Gasteiger partial charge in [0.1, 0.15) is 29.5 Å². The molecule has 0 bridgehead atoms. The van der Waals surface area contributed by atoms with Gasteiger partial charge in [-0.3, -0.25) is 19.2 Å². The maximum atomic E-state index is 13.8. The number of carbonyl (C=O) groups excluding carboxylic acids is 4. The first kappa shape index (κ1) is 57.2. The number of carbonyl (C=O) groups is 4. The van der Waals surface area contributed by atoms with Crippen LogP contribution in [0.25, 0.3) is 9.69 Å². The van der Waals surface area contributed by atoms with Crippen molar-refractivity contribution in [2.75, 3.05) is 16.0 Å². The number of rotatable bonds is 8. The van der Waals surface area contributed by atoms with E-state index in [4.69, 9.17) is 18.9 Å². The molecule has 2 fully saturated rings. The summed E-state index contributed by atoms with van der Waals surface area (Å²) >= 11 is 6.95. The number of hydrogen-bond acceptors (Lipinski definition) is 8. The molecule has 2 aromatic heterocycles. The molecule has 2 heterocycles. The second-order valence-corrected chi connectivity index (χ2v) is 24.1. The fraction of sp³-hybridized carbons (Fsp3) is 0.317. The predicted molar refractivity (Wildman–Crippen MR) is 250 cm³/mol. The van der Waals surface area contributed by atoms with Crippen molar-refractivity contribution >= 4 is 121 Å². The first-order valence-corrected chi connectivity index (χ1v) is 21.0. The number of hydrogen-bond donors (Lipinski definition) is 4. The Balaban J connectivity index is 0.000000882. The number of alkyl halides is 3. The van der Waals surface area contributed by atoms with Crippen LogP contribution in [0.3, 0.4) is 0 Å². The van der Waals surface area contributed by atoms with Gasteiger partial charge in [-0.05, 0) is 118 Å². The number of nitrogens with one attached hydrogen (secondary N) is 3.